The van der Waals surface area contributed by atoms with Crippen LogP contribution in [0, 0.1) is 5.82 Å². The molecule has 31 heavy (non-hydrogen) atoms. The van der Waals surface area contributed by atoms with Crippen molar-refractivity contribution in [3.8, 4) is 22.0 Å². The molecular weight excluding hydrogens is 413 g/mol. The van der Waals surface area contributed by atoms with Crippen LogP contribution in [0.5, 0.6) is 0 Å². The standard InChI is InChI=1S/C23H20FN5OS/c24-17-10-8-15(9-11-17)23-26-19(14-31-23)22(30)25-18-6-4-5-16(13-18)21-28-27-20-7-2-1-3-12-29(20)21/h4-6,8-11,13-14H,1-3,7,12H2,(H,25,30). The fraction of sp³-hybridized carbons (Fsp3) is 0.217. The summed E-state index contributed by atoms with van der Waals surface area (Å²) in [6.07, 6.45) is 4.41. The van der Waals surface area contributed by atoms with Crippen LogP contribution in [-0.4, -0.2) is 25.7 Å². The van der Waals surface area contributed by atoms with E-state index in [4.69, 9.17) is 0 Å². The van der Waals surface area contributed by atoms with E-state index in [-0.39, 0.29) is 11.7 Å². The number of aromatic nitrogens is 4. The van der Waals surface area contributed by atoms with Crippen LogP contribution in [0.2, 0.25) is 0 Å². The van der Waals surface area contributed by atoms with Crippen LogP contribution >= 0.6 is 11.3 Å². The second-order valence-electron chi connectivity index (χ2n) is 7.48. The van der Waals surface area contributed by atoms with Gasteiger partial charge in [-0.2, -0.15) is 0 Å². The third-order valence-electron chi connectivity index (χ3n) is 5.32. The number of thiazole rings is 1. The first-order valence-corrected chi connectivity index (χ1v) is 11.1. The molecule has 0 atom stereocenters. The molecule has 0 radical (unpaired) electrons. The Morgan fingerprint density at radius 2 is 1.90 bits per heavy atom. The summed E-state index contributed by atoms with van der Waals surface area (Å²) in [5.41, 5.74) is 2.69. The third kappa shape index (κ3) is 4.11. The summed E-state index contributed by atoms with van der Waals surface area (Å²) < 4.78 is 15.3. The number of fused-ring (bicyclic) bond motifs is 1. The molecule has 4 aromatic rings. The Bertz CT molecular complexity index is 1230. The molecule has 0 saturated heterocycles. The highest BCUT2D eigenvalue weighted by atomic mass is 32.1. The molecule has 1 amide bonds. The minimum absolute atomic E-state index is 0.290. The number of halogens is 1. The van der Waals surface area contributed by atoms with Gasteiger partial charge in [-0.3, -0.25) is 4.79 Å². The first kappa shape index (κ1) is 19.6. The van der Waals surface area contributed by atoms with Crippen LogP contribution in [0.3, 0.4) is 0 Å². The lowest BCUT2D eigenvalue weighted by Crippen LogP contribution is -2.12. The van der Waals surface area contributed by atoms with E-state index in [0.29, 0.717) is 16.4 Å². The summed E-state index contributed by atoms with van der Waals surface area (Å²) >= 11 is 1.35. The van der Waals surface area contributed by atoms with Crippen molar-refractivity contribution in [2.45, 2.75) is 32.2 Å². The number of nitrogens with one attached hydrogen (secondary N) is 1. The number of carbonyl (C=O) groups is 1. The molecule has 0 saturated carbocycles. The molecule has 6 nitrogen and oxygen atoms in total. The lowest BCUT2D eigenvalue weighted by atomic mass is 10.2. The van der Waals surface area contributed by atoms with Gasteiger partial charge in [0.05, 0.1) is 0 Å². The molecule has 1 aliphatic heterocycles. The summed E-state index contributed by atoms with van der Waals surface area (Å²) in [5.74, 6) is 1.27. The predicted molar refractivity (Wildman–Crippen MR) is 118 cm³/mol. The number of rotatable bonds is 4. The van der Waals surface area contributed by atoms with Gasteiger partial charge < -0.3 is 9.88 Å². The molecule has 8 heteroatoms. The number of benzene rings is 2. The van der Waals surface area contributed by atoms with E-state index in [9.17, 15) is 9.18 Å². The molecule has 1 aliphatic rings. The minimum Gasteiger partial charge on any atom is -0.321 e. The predicted octanol–water partition coefficient (Wildman–Crippen LogP) is 5.19. The number of carbonyl (C=O) groups excluding carboxylic acids is 1. The van der Waals surface area contributed by atoms with Crippen molar-refractivity contribution in [2.24, 2.45) is 0 Å². The van der Waals surface area contributed by atoms with Gasteiger partial charge in [0.1, 0.15) is 22.3 Å². The molecule has 0 aliphatic carbocycles. The molecule has 0 spiro atoms. The van der Waals surface area contributed by atoms with Crippen LogP contribution < -0.4 is 5.32 Å². The molecule has 0 fully saturated rings. The summed E-state index contributed by atoms with van der Waals surface area (Å²) in [7, 11) is 0. The number of aryl methyl sites for hydroxylation is 1. The Balaban J connectivity index is 1.35. The van der Waals surface area contributed by atoms with Crippen molar-refractivity contribution in [3.63, 3.8) is 0 Å². The van der Waals surface area contributed by atoms with E-state index in [1.165, 1.54) is 29.9 Å². The zero-order valence-corrected chi connectivity index (χ0v) is 17.5. The monoisotopic (exact) mass is 433 g/mol. The minimum atomic E-state index is -0.303. The Labute approximate surface area is 182 Å². The quantitative estimate of drug-likeness (QED) is 0.481. The molecule has 2 aromatic heterocycles. The van der Waals surface area contributed by atoms with Gasteiger partial charge in [0.15, 0.2) is 5.82 Å². The molecular formula is C23H20FN5OS. The Morgan fingerprint density at radius 3 is 2.77 bits per heavy atom. The van der Waals surface area contributed by atoms with Crippen molar-refractivity contribution < 1.29 is 9.18 Å². The SMILES string of the molecule is O=C(Nc1cccc(-c2nnc3n2CCCCC3)c1)c1csc(-c2ccc(F)cc2)n1. The van der Waals surface area contributed by atoms with E-state index in [1.807, 2.05) is 24.3 Å². The maximum atomic E-state index is 13.1. The highest BCUT2D eigenvalue weighted by Crippen LogP contribution is 2.27. The smallest absolute Gasteiger partial charge is 0.275 e. The largest absolute Gasteiger partial charge is 0.321 e. The second kappa shape index (κ2) is 8.39. The number of hydrogen-bond donors (Lipinski definition) is 1. The van der Waals surface area contributed by atoms with E-state index in [1.54, 1.807) is 17.5 Å². The lowest BCUT2D eigenvalue weighted by molar-refractivity contribution is 0.102. The fourth-order valence-corrected chi connectivity index (χ4v) is 4.54. The van der Waals surface area contributed by atoms with Gasteiger partial charge in [-0.1, -0.05) is 18.6 Å². The van der Waals surface area contributed by atoms with Crippen LogP contribution in [0.15, 0.2) is 53.9 Å². The number of anilines is 1. The van der Waals surface area contributed by atoms with Gasteiger partial charge in [-0.05, 0) is 49.2 Å². The van der Waals surface area contributed by atoms with E-state index in [2.05, 4.69) is 25.1 Å². The highest BCUT2D eigenvalue weighted by Gasteiger charge is 2.17. The number of nitrogens with zero attached hydrogens (tertiary/aromatic N) is 4. The summed E-state index contributed by atoms with van der Waals surface area (Å²) in [5, 5.41) is 14.0. The molecule has 156 valence electrons. The Morgan fingerprint density at radius 1 is 1.03 bits per heavy atom. The molecule has 2 aromatic carbocycles. The average Bonchev–Trinajstić information content (AvgIpc) is 3.37. The number of hydrogen-bond acceptors (Lipinski definition) is 5. The van der Waals surface area contributed by atoms with Crippen LogP contribution in [0.4, 0.5) is 10.1 Å². The Hall–Kier alpha value is -3.39. The normalized spacial score (nSPS) is 13.5. The third-order valence-corrected chi connectivity index (χ3v) is 6.21. The van der Waals surface area contributed by atoms with Gasteiger partial charge in [0.25, 0.3) is 5.91 Å². The topological polar surface area (TPSA) is 72.7 Å². The maximum absolute atomic E-state index is 13.1. The van der Waals surface area contributed by atoms with E-state index >= 15 is 0 Å². The van der Waals surface area contributed by atoms with Crippen molar-refractivity contribution >= 4 is 22.9 Å². The first-order chi connectivity index (χ1) is 15.2. The van der Waals surface area contributed by atoms with Crippen LogP contribution in [-0.2, 0) is 13.0 Å². The molecule has 1 N–H and O–H groups in total. The Kier molecular flexibility index (Phi) is 5.30. The van der Waals surface area contributed by atoms with Gasteiger partial charge in [-0.15, -0.1) is 21.5 Å². The van der Waals surface area contributed by atoms with Crippen molar-refractivity contribution in [3.05, 3.63) is 71.2 Å². The maximum Gasteiger partial charge on any atom is 0.275 e. The van der Waals surface area contributed by atoms with Gasteiger partial charge >= 0.3 is 0 Å². The molecule has 5 rings (SSSR count). The second-order valence-corrected chi connectivity index (χ2v) is 8.34. The van der Waals surface area contributed by atoms with Gasteiger partial charge in [0, 0.05) is 35.2 Å². The lowest BCUT2D eigenvalue weighted by Gasteiger charge is -2.09. The van der Waals surface area contributed by atoms with Crippen LogP contribution in [0.25, 0.3) is 22.0 Å². The van der Waals surface area contributed by atoms with Crippen molar-refractivity contribution in [1.82, 2.24) is 19.7 Å². The van der Waals surface area contributed by atoms with Gasteiger partial charge in [-0.25, -0.2) is 9.37 Å². The van der Waals surface area contributed by atoms with Crippen molar-refractivity contribution in [1.29, 1.82) is 0 Å². The fourth-order valence-electron chi connectivity index (χ4n) is 3.73. The molecule has 3 heterocycles. The first-order valence-electron chi connectivity index (χ1n) is 10.2. The molecule has 0 unspecified atom stereocenters. The summed E-state index contributed by atoms with van der Waals surface area (Å²) in [6.45, 7) is 0.916. The molecule has 0 bridgehead atoms. The zero-order valence-electron chi connectivity index (χ0n) is 16.7. The number of amides is 1. The summed E-state index contributed by atoms with van der Waals surface area (Å²) in [4.78, 5) is 17.1. The summed E-state index contributed by atoms with van der Waals surface area (Å²) in [6, 6.07) is 13.7. The van der Waals surface area contributed by atoms with Gasteiger partial charge in [0.2, 0.25) is 0 Å². The van der Waals surface area contributed by atoms with E-state index in [0.717, 1.165) is 48.6 Å². The average molecular weight is 434 g/mol. The van der Waals surface area contributed by atoms with Crippen molar-refractivity contribution in [2.75, 3.05) is 5.32 Å². The zero-order chi connectivity index (χ0) is 21.2. The van der Waals surface area contributed by atoms with Crippen LogP contribution in [0.1, 0.15) is 35.6 Å². The van der Waals surface area contributed by atoms with E-state index < -0.39 is 0 Å². The highest BCUT2D eigenvalue weighted by molar-refractivity contribution is 7.13.